The van der Waals surface area contributed by atoms with E-state index in [0.717, 1.165) is 56.8 Å². The highest BCUT2D eigenvalue weighted by molar-refractivity contribution is 6.02. The molecule has 1 aromatic rings. The number of morpholine rings is 2. The van der Waals surface area contributed by atoms with Crippen molar-refractivity contribution in [1.82, 2.24) is 15.2 Å². The summed E-state index contributed by atoms with van der Waals surface area (Å²) in [4.78, 5) is 13.8. The highest BCUT2D eigenvalue weighted by Crippen LogP contribution is 2.12. The number of amidine groups is 1. The van der Waals surface area contributed by atoms with E-state index < -0.39 is 0 Å². The number of nitrogens with one attached hydrogen (secondary N) is 1. The molecule has 2 fully saturated rings. The fourth-order valence-electron chi connectivity index (χ4n) is 3.13. The summed E-state index contributed by atoms with van der Waals surface area (Å²) in [5.74, 6) is 2.00. The maximum absolute atomic E-state index is 8.92. The summed E-state index contributed by atoms with van der Waals surface area (Å²) >= 11 is 0. The Morgan fingerprint density at radius 2 is 1.70 bits per heavy atom. The van der Waals surface area contributed by atoms with Gasteiger partial charge in [0, 0.05) is 32.9 Å². The number of ether oxygens (including phenoxy) is 2. The van der Waals surface area contributed by atoms with Crippen LogP contribution in [0.4, 0.5) is 0 Å². The van der Waals surface area contributed by atoms with Crippen LogP contribution in [0.5, 0.6) is 5.75 Å². The van der Waals surface area contributed by atoms with Crippen LogP contribution in [-0.2, 0) is 9.47 Å². The topological polar surface area (TPSA) is 94.3 Å². The lowest BCUT2D eigenvalue weighted by Crippen LogP contribution is -2.43. The third kappa shape index (κ3) is 6.30. The number of nitrogens with zero attached hydrogens (tertiary/aromatic N) is 5. The number of aryl methyl sites for hydroxylation is 1. The van der Waals surface area contributed by atoms with Gasteiger partial charge in [-0.1, -0.05) is 18.2 Å². The average molecular weight is 415 g/mol. The molecule has 1 unspecified atom stereocenters. The van der Waals surface area contributed by atoms with Crippen molar-refractivity contribution < 1.29 is 14.6 Å². The molecule has 3 aliphatic rings. The van der Waals surface area contributed by atoms with E-state index in [1.54, 1.807) is 6.07 Å². The summed E-state index contributed by atoms with van der Waals surface area (Å²) in [6, 6.07) is 7.25. The van der Waals surface area contributed by atoms with Crippen LogP contribution in [0.3, 0.4) is 0 Å². The SMILES string of the molecule is C=NNC1C=CC(N2CCOCC2)=NC(N2CCOCC2)=N1.Cc1ccccc1O. The van der Waals surface area contributed by atoms with Crippen molar-refractivity contribution >= 4 is 18.5 Å². The normalized spacial score (nSPS) is 21.6. The van der Waals surface area contributed by atoms with E-state index in [2.05, 4.69) is 32.0 Å². The second-order valence-corrected chi connectivity index (χ2v) is 6.98. The lowest BCUT2D eigenvalue weighted by atomic mass is 10.2. The van der Waals surface area contributed by atoms with Crippen molar-refractivity contribution in [2.24, 2.45) is 15.1 Å². The number of aromatic hydroxyl groups is 1. The Bertz CT molecular complexity index is 762. The Morgan fingerprint density at radius 1 is 1.07 bits per heavy atom. The van der Waals surface area contributed by atoms with E-state index in [1.807, 2.05) is 37.3 Å². The minimum atomic E-state index is -0.252. The minimum absolute atomic E-state index is 0.252. The Labute approximate surface area is 177 Å². The predicted molar refractivity (Wildman–Crippen MR) is 118 cm³/mol. The van der Waals surface area contributed by atoms with Crippen LogP contribution in [0.1, 0.15) is 5.56 Å². The molecular weight excluding hydrogens is 384 g/mol. The van der Waals surface area contributed by atoms with Gasteiger partial charge in [0.05, 0.1) is 26.4 Å². The van der Waals surface area contributed by atoms with Gasteiger partial charge in [0.1, 0.15) is 11.6 Å². The maximum atomic E-state index is 8.92. The predicted octanol–water partition coefficient (Wildman–Crippen LogP) is 1.21. The number of hydrogen-bond acceptors (Lipinski definition) is 9. The Balaban J connectivity index is 0.000000269. The fourth-order valence-corrected chi connectivity index (χ4v) is 3.13. The quantitative estimate of drug-likeness (QED) is 0.558. The van der Waals surface area contributed by atoms with Gasteiger partial charge in [-0.05, 0) is 30.7 Å². The zero-order chi connectivity index (χ0) is 21.2. The average Bonchev–Trinajstić information content (AvgIpc) is 3.01. The van der Waals surface area contributed by atoms with Crippen LogP contribution in [0.2, 0.25) is 0 Å². The zero-order valence-electron chi connectivity index (χ0n) is 17.4. The van der Waals surface area contributed by atoms with E-state index in [-0.39, 0.29) is 6.17 Å². The van der Waals surface area contributed by atoms with Crippen molar-refractivity contribution in [3.63, 3.8) is 0 Å². The van der Waals surface area contributed by atoms with Gasteiger partial charge in [0.2, 0.25) is 5.96 Å². The highest BCUT2D eigenvalue weighted by Gasteiger charge is 2.21. The molecule has 2 N–H and O–H groups in total. The zero-order valence-corrected chi connectivity index (χ0v) is 17.4. The van der Waals surface area contributed by atoms with E-state index >= 15 is 0 Å². The summed E-state index contributed by atoms with van der Waals surface area (Å²) in [6.45, 7) is 11.5. The first-order chi connectivity index (χ1) is 14.7. The Kier molecular flexibility index (Phi) is 8.22. The number of phenols is 1. The van der Waals surface area contributed by atoms with Crippen LogP contribution in [0, 0.1) is 6.92 Å². The smallest absolute Gasteiger partial charge is 0.225 e. The van der Waals surface area contributed by atoms with E-state index in [0.29, 0.717) is 19.0 Å². The number of hydrazone groups is 1. The number of hydrogen-bond donors (Lipinski definition) is 2. The van der Waals surface area contributed by atoms with E-state index in [9.17, 15) is 0 Å². The number of rotatable bonds is 2. The molecular formula is C21H30N6O3. The standard InChI is InChI=1S/C14H22N6O2.C7H8O/c1-15-18-12-2-3-13(19-4-8-21-9-5-19)17-14(16-12)20-6-10-22-11-7-20;1-6-4-2-3-5-7(6)8/h2-3,12,18H,1,4-11H2;2-5,8H,1H3. The summed E-state index contributed by atoms with van der Waals surface area (Å²) in [6.07, 6.45) is 3.69. The van der Waals surface area contributed by atoms with Gasteiger partial charge in [0.15, 0.2) is 6.17 Å². The lowest BCUT2D eigenvalue weighted by Gasteiger charge is -2.30. The van der Waals surface area contributed by atoms with Gasteiger partial charge in [-0.2, -0.15) is 10.1 Å². The van der Waals surface area contributed by atoms with Crippen LogP contribution in [0.15, 0.2) is 51.5 Å². The Hall–Kier alpha value is -2.91. The van der Waals surface area contributed by atoms with Crippen LogP contribution in [-0.4, -0.2) is 92.2 Å². The van der Waals surface area contributed by atoms with Crippen LogP contribution in [0.25, 0.3) is 0 Å². The van der Waals surface area contributed by atoms with Gasteiger partial charge < -0.3 is 24.4 Å². The summed E-state index contributed by atoms with van der Waals surface area (Å²) in [5.41, 5.74) is 3.81. The lowest BCUT2D eigenvalue weighted by molar-refractivity contribution is 0.0662. The fraction of sp³-hybridized carbons (Fsp3) is 0.476. The molecule has 0 aromatic heterocycles. The number of para-hydroxylation sites is 1. The molecule has 0 radical (unpaired) electrons. The second-order valence-electron chi connectivity index (χ2n) is 6.98. The van der Waals surface area contributed by atoms with E-state index in [1.165, 1.54) is 0 Å². The molecule has 162 valence electrons. The number of phenolic OH excluding ortho intramolecular Hbond substituents is 1. The van der Waals surface area contributed by atoms with Crippen molar-refractivity contribution in [3.05, 3.63) is 42.0 Å². The monoisotopic (exact) mass is 414 g/mol. The number of guanidine groups is 1. The molecule has 30 heavy (non-hydrogen) atoms. The van der Waals surface area contributed by atoms with Crippen molar-refractivity contribution in [2.45, 2.75) is 13.1 Å². The molecule has 4 rings (SSSR count). The molecule has 3 heterocycles. The molecule has 9 nitrogen and oxygen atoms in total. The second kappa shape index (κ2) is 11.3. The van der Waals surface area contributed by atoms with Gasteiger partial charge in [-0.3, -0.25) is 5.43 Å². The van der Waals surface area contributed by atoms with E-state index in [4.69, 9.17) is 19.6 Å². The number of aliphatic imine (C=N–C) groups is 2. The van der Waals surface area contributed by atoms with Crippen molar-refractivity contribution in [3.8, 4) is 5.75 Å². The highest BCUT2D eigenvalue weighted by atomic mass is 16.5. The van der Waals surface area contributed by atoms with Gasteiger partial charge in [-0.15, -0.1) is 0 Å². The molecule has 2 saturated heterocycles. The third-order valence-corrected chi connectivity index (χ3v) is 4.86. The van der Waals surface area contributed by atoms with Gasteiger partial charge in [0.25, 0.3) is 0 Å². The van der Waals surface area contributed by atoms with Crippen molar-refractivity contribution in [2.75, 3.05) is 52.6 Å². The molecule has 1 aromatic carbocycles. The molecule has 0 spiro atoms. The summed E-state index contributed by atoms with van der Waals surface area (Å²) in [7, 11) is 0. The third-order valence-electron chi connectivity index (χ3n) is 4.86. The van der Waals surface area contributed by atoms with Crippen molar-refractivity contribution in [1.29, 1.82) is 0 Å². The molecule has 0 saturated carbocycles. The number of benzene rings is 1. The molecule has 9 heteroatoms. The van der Waals surface area contributed by atoms with Gasteiger partial charge in [-0.25, -0.2) is 4.99 Å². The first-order valence-electron chi connectivity index (χ1n) is 10.1. The molecule has 1 atom stereocenters. The molecule has 0 aliphatic carbocycles. The first-order valence-corrected chi connectivity index (χ1v) is 10.1. The van der Waals surface area contributed by atoms with Crippen LogP contribution >= 0.6 is 0 Å². The molecule has 0 amide bonds. The largest absolute Gasteiger partial charge is 0.508 e. The Morgan fingerprint density at radius 3 is 2.27 bits per heavy atom. The summed E-state index contributed by atoms with van der Waals surface area (Å²) in [5, 5.41) is 12.7. The molecule has 0 bridgehead atoms. The summed E-state index contributed by atoms with van der Waals surface area (Å²) < 4.78 is 10.8. The van der Waals surface area contributed by atoms with Crippen LogP contribution < -0.4 is 5.43 Å². The minimum Gasteiger partial charge on any atom is -0.508 e. The van der Waals surface area contributed by atoms with Gasteiger partial charge >= 0.3 is 0 Å². The maximum Gasteiger partial charge on any atom is 0.225 e. The first kappa shape index (κ1) is 21.8. The molecule has 3 aliphatic heterocycles.